The van der Waals surface area contributed by atoms with E-state index in [1.54, 1.807) is 19.9 Å². The highest BCUT2D eigenvalue weighted by molar-refractivity contribution is 5.90. The highest BCUT2D eigenvalue weighted by Crippen LogP contribution is 2.52. The molecule has 5 nitrogen and oxygen atoms in total. The number of ketones is 1. The molecule has 2 N–H and O–H groups in total. The summed E-state index contributed by atoms with van der Waals surface area (Å²) in [4.78, 5) is 25.4. The van der Waals surface area contributed by atoms with Gasteiger partial charge < -0.3 is 14.9 Å². The lowest BCUT2D eigenvalue weighted by Gasteiger charge is -2.43. The summed E-state index contributed by atoms with van der Waals surface area (Å²) in [5, 5.41) is 22.5. The Morgan fingerprint density at radius 1 is 1.40 bits per heavy atom. The molecule has 0 unspecified atom stereocenters. The molecule has 0 aromatic rings. The molecule has 0 aliphatic heterocycles. The second-order valence-electron chi connectivity index (χ2n) is 8.02. The number of esters is 1. The lowest BCUT2D eigenvalue weighted by atomic mass is 9.73. The molecule has 2 saturated carbocycles. The van der Waals surface area contributed by atoms with Crippen LogP contribution in [0.1, 0.15) is 53.9 Å². The van der Waals surface area contributed by atoms with Gasteiger partial charge in [-0.25, -0.2) is 4.79 Å². The van der Waals surface area contributed by atoms with Gasteiger partial charge in [0.1, 0.15) is 23.1 Å². The summed E-state index contributed by atoms with van der Waals surface area (Å²) in [6, 6.07) is 0. The number of rotatable bonds is 3. The van der Waals surface area contributed by atoms with Gasteiger partial charge in [-0.3, -0.25) is 4.79 Å². The van der Waals surface area contributed by atoms with E-state index in [4.69, 9.17) is 4.74 Å². The third kappa shape index (κ3) is 3.08. The number of allylic oxidation sites excluding steroid dienone is 1. The minimum Gasteiger partial charge on any atom is -0.456 e. The zero-order valence-corrected chi connectivity index (χ0v) is 15.8. The van der Waals surface area contributed by atoms with Crippen molar-refractivity contribution in [2.24, 2.45) is 17.8 Å². The summed E-state index contributed by atoms with van der Waals surface area (Å²) in [6.45, 7) is 12.6. The number of hydrogen-bond acceptors (Lipinski definition) is 5. The third-order valence-electron chi connectivity index (χ3n) is 6.14. The van der Waals surface area contributed by atoms with Crippen molar-refractivity contribution >= 4 is 11.8 Å². The fourth-order valence-electron chi connectivity index (χ4n) is 4.13. The van der Waals surface area contributed by atoms with Crippen LogP contribution in [0.5, 0.6) is 0 Å². The Balaban J connectivity index is 2.51. The van der Waals surface area contributed by atoms with Crippen molar-refractivity contribution in [1.82, 2.24) is 0 Å². The zero-order chi connectivity index (χ0) is 19.2. The van der Waals surface area contributed by atoms with Crippen molar-refractivity contribution in [3.63, 3.8) is 0 Å². The fourth-order valence-corrected chi connectivity index (χ4v) is 4.13. The molecule has 0 saturated heterocycles. The van der Waals surface area contributed by atoms with Crippen molar-refractivity contribution in [2.45, 2.75) is 71.2 Å². The largest absolute Gasteiger partial charge is 0.456 e. The van der Waals surface area contributed by atoms with Gasteiger partial charge >= 0.3 is 5.97 Å². The Bertz CT molecular complexity index is 616. The maximum absolute atomic E-state index is 13.1. The van der Waals surface area contributed by atoms with Crippen LogP contribution in [0.3, 0.4) is 0 Å². The standard InChI is InChI=1S/C20H30O5/c1-7-12(4)18(22)25-15-10-14(11(2)3)17(21)16-13(5)8-9-20(16,24)19(15,6)23/h7,11,14-16,23-24H,5,8-10H2,1-4,6H3/b12-7-/t14-,15-,16-,19+,20-/m1/s1. The topological polar surface area (TPSA) is 83.8 Å². The van der Waals surface area contributed by atoms with E-state index in [1.165, 1.54) is 6.92 Å². The predicted molar refractivity (Wildman–Crippen MR) is 94.7 cm³/mol. The van der Waals surface area contributed by atoms with Gasteiger partial charge in [-0.1, -0.05) is 32.1 Å². The highest BCUT2D eigenvalue weighted by Gasteiger charge is 2.64. The van der Waals surface area contributed by atoms with Crippen LogP contribution in [0.25, 0.3) is 0 Å². The predicted octanol–water partition coefficient (Wildman–Crippen LogP) is 2.56. The second-order valence-corrected chi connectivity index (χ2v) is 8.02. The van der Waals surface area contributed by atoms with Crippen molar-refractivity contribution in [3.8, 4) is 0 Å². The van der Waals surface area contributed by atoms with Crippen LogP contribution in [0, 0.1) is 17.8 Å². The molecule has 0 spiro atoms. The molecule has 5 atom stereocenters. The quantitative estimate of drug-likeness (QED) is 0.464. The molecule has 2 aliphatic carbocycles. The summed E-state index contributed by atoms with van der Waals surface area (Å²) in [6.07, 6.45) is 1.57. The zero-order valence-electron chi connectivity index (χ0n) is 15.8. The van der Waals surface area contributed by atoms with Crippen LogP contribution in [-0.4, -0.2) is 39.3 Å². The number of hydrogen-bond donors (Lipinski definition) is 2. The van der Waals surface area contributed by atoms with Crippen LogP contribution in [-0.2, 0) is 14.3 Å². The van der Waals surface area contributed by atoms with Crippen LogP contribution >= 0.6 is 0 Å². The van der Waals surface area contributed by atoms with Crippen molar-refractivity contribution in [1.29, 1.82) is 0 Å². The summed E-state index contributed by atoms with van der Waals surface area (Å²) in [5.41, 5.74) is -2.33. The maximum Gasteiger partial charge on any atom is 0.333 e. The van der Waals surface area contributed by atoms with E-state index in [9.17, 15) is 19.8 Å². The molecule has 2 aliphatic rings. The SMILES string of the molecule is C=C1CC[C@@]2(O)[C@H]1C(=O)[C@@H](C(C)C)C[C@@H](OC(=O)/C(C)=C\C)[C@]2(C)O. The molecular formula is C20H30O5. The van der Waals surface area contributed by atoms with E-state index >= 15 is 0 Å². The number of aliphatic hydroxyl groups is 2. The first-order chi connectivity index (χ1) is 11.5. The molecule has 0 amide bonds. The highest BCUT2D eigenvalue weighted by atomic mass is 16.6. The van der Waals surface area contributed by atoms with E-state index in [0.717, 1.165) is 0 Å². The summed E-state index contributed by atoms with van der Waals surface area (Å²) < 4.78 is 5.58. The van der Waals surface area contributed by atoms with Crippen molar-refractivity contribution in [2.75, 3.05) is 0 Å². The first-order valence-electron chi connectivity index (χ1n) is 8.97. The minimum atomic E-state index is -1.74. The fraction of sp³-hybridized carbons (Fsp3) is 0.700. The number of Topliss-reactive ketones (excluding diaryl/α,β-unsaturated/α-hetero) is 1. The smallest absolute Gasteiger partial charge is 0.333 e. The summed E-state index contributed by atoms with van der Waals surface area (Å²) in [5.74, 6) is -1.88. The number of carbonyl (C=O) groups excluding carboxylic acids is 2. The number of ether oxygens (including phenoxy) is 1. The third-order valence-corrected chi connectivity index (χ3v) is 6.14. The average molecular weight is 350 g/mol. The second kappa shape index (κ2) is 6.69. The van der Waals surface area contributed by atoms with Crippen LogP contribution < -0.4 is 0 Å². The first kappa shape index (κ1) is 19.9. The van der Waals surface area contributed by atoms with Gasteiger partial charge in [0.25, 0.3) is 0 Å². The Kier molecular flexibility index (Phi) is 5.31. The molecule has 0 radical (unpaired) electrons. The number of carbonyl (C=O) groups is 2. The Labute approximate surface area is 149 Å². The molecule has 25 heavy (non-hydrogen) atoms. The van der Waals surface area contributed by atoms with E-state index in [-0.39, 0.29) is 24.5 Å². The normalized spacial score (nSPS) is 39.4. The van der Waals surface area contributed by atoms with Gasteiger partial charge in [-0.2, -0.15) is 0 Å². The van der Waals surface area contributed by atoms with Gasteiger partial charge in [0.2, 0.25) is 0 Å². The minimum absolute atomic E-state index is 0.00284. The molecule has 140 valence electrons. The Morgan fingerprint density at radius 2 is 2.00 bits per heavy atom. The molecule has 0 aromatic carbocycles. The molecule has 2 fully saturated rings. The molecule has 0 aromatic heterocycles. The Hall–Kier alpha value is -1.46. The molecule has 0 bridgehead atoms. The van der Waals surface area contributed by atoms with E-state index in [1.807, 2.05) is 13.8 Å². The van der Waals surface area contributed by atoms with E-state index in [2.05, 4.69) is 6.58 Å². The van der Waals surface area contributed by atoms with Crippen LogP contribution in [0.2, 0.25) is 0 Å². The van der Waals surface area contributed by atoms with Crippen molar-refractivity contribution in [3.05, 3.63) is 23.8 Å². The monoisotopic (exact) mass is 350 g/mol. The molecule has 2 rings (SSSR count). The number of fused-ring (bicyclic) bond motifs is 1. The molecular weight excluding hydrogens is 320 g/mol. The first-order valence-corrected chi connectivity index (χ1v) is 8.97. The lowest BCUT2D eigenvalue weighted by molar-refractivity contribution is -0.211. The van der Waals surface area contributed by atoms with Gasteiger partial charge in [-0.15, -0.1) is 0 Å². The van der Waals surface area contributed by atoms with Crippen molar-refractivity contribution < 1.29 is 24.5 Å². The maximum atomic E-state index is 13.1. The molecule has 5 heteroatoms. The van der Waals surface area contributed by atoms with Gasteiger partial charge in [0, 0.05) is 11.5 Å². The van der Waals surface area contributed by atoms with Gasteiger partial charge in [0.05, 0.1) is 5.92 Å². The molecule has 0 heterocycles. The Morgan fingerprint density at radius 3 is 2.52 bits per heavy atom. The van der Waals surface area contributed by atoms with E-state index in [0.29, 0.717) is 17.6 Å². The van der Waals surface area contributed by atoms with Crippen LogP contribution in [0.15, 0.2) is 23.8 Å². The van der Waals surface area contributed by atoms with E-state index < -0.39 is 35.1 Å². The van der Waals surface area contributed by atoms with Gasteiger partial charge in [-0.05, 0) is 46.0 Å². The summed E-state index contributed by atoms with van der Waals surface area (Å²) >= 11 is 0. The lowest BCUT2D eigenvalue weighted by Crippen LogP contribution is -2.61. The van der Waals surface area contributed by atoms with Gasteiger partial charge in [0.15, 0.2) is 0 Å². The summed E-state index contributed by atoms with van der Waals surface area (Å²) in [7, 11) is 0. The van der Waals surface area contributed by atoms with Crippen LogP contribution in [0.4, 0.5) is 0 Å². The average Bonchev–Trinajstić information content (AvgIpc) is 2.82.